The fraction of sp³-hybridized carbons (Fsp3) is 0.808. The smallest absolute Gasteiger partial charge is 0.307 e. The Morgan fingerprint density at radius 2 is 1.03 bits per heavy atom. The van der Waals surface area contributed by atoms with Crippen molar-refractivity contribution >= 4 is 29.7 Å². The third kappa shape index (κ3) is 24.0. The van der Waals surface area contributed by atoms with Gasteiger partial charge in [0.1, 0.15) is 0 Å². The molecule has 0 aromatic rings. The van der Waals surface area contributed by atoms with E-state index >= 15 is 0 Å². The molecule has 3 unspecified atom stereocenters. The van der Waals surface area contributed by atoms with Crippen LogP contribution in [0, 0.1) is 11.8 Å². The molecule has 0 radical (unpaired) electrons. The number of aliphatic hydroxyl groups is 1. The summed E-state index contributed by atoms with van der Waals surface area (Å²) >= 11 is 0. The van der Waals surface area contributed by atoms with Crippen LogP contribution in [0.15, 0.2) is 0 Å². The number of nitrogens with two attached hydrogens (primary N) is 2. The van der Waals surface area contributed by atoms with Crippen molar-refractivity contribution in [2.75, 3.05) is 0 Å². The van der Waals surface area contributed by atoms with Crippen molar-refractivity contribution in [2.24, 2.45) is 23.5 Å². The van der Waals surface area contributed by atoms with Gasteiger partial charge in [-0.05, 0) is 19.3 Å². The van der Waals surface area contributed by atoms with Crippen LogP contribution in [0.5, 0.6) is 0 Å². The normalized spacial score (nSPS) is 12.8. The maximum Gasteiger partial charge on any atom is 0.307 e. The maximum atomic E-state index is 10.9. The standard InChI is InChI=1S/C18H38N2O2.C8H12N2O7/c1-2-3-4-11-14-17(21)15-12-9-7-5-6-8-10-13-16-18(22)20-19;9-10-5(11)1-3(7(14)15)4(8(16)17)2-6(12)13/h17,21H,2-16,19H2,1H3,(H,20,22);3-4H,1-2,9H2,(H,10,11)(H,12,13)(H,14,15)(H,16,17). The van der Waals surface area contributed by atoms with E-state index in [0.717, 1.165) is 32.1 Å². The van der Waals surface area contributed by atoms with E-state index in [1.807, 2.05) is 0 Å². The molecule has 2 amide bonds. The Balaban J connectivity index is 0. The predicted octanol–water partition coefficient (Wildman–Crippen LogP) is 2.45. The summed E-state index contributed by atoms with van der Waals surface area (Å²) in [5.41, 5.74) is 3.81. The highest BCUT2D eigenvalue weighted by Gasteiger charge is 2.36. The minimum atomic E-state index is -1.69. The van der Waals surface area contributed by atoms with Crippen LogP contribution in [0.25, 0.3) is 0 Å². The number of hydrogen-bond acceptors (Lipinski definition) is 8. The van der Waals surface area contributed by atoms with Gasteiger partial charge in [-0.1, -0.05) is 77.6 Å². The van der Waals surface area contributed by atoms with Gasteiger partial charge < -0.3 is 20.4 Å². The molecule has 0 spiro atoms. The lowest BCUT2D eigenvalue weighted by molar-refractivity contribution is -0.158. The molecule has 0 aromatic carbocycles. The third-order valence-corrected chi connectivity index (χ3v) is 6.32. The van der Waals surface area contributed by atoms with Gasteiger partial charge in [0.05, 0.1) is 24.4 Å². The van der Waals surface area contributed by atoms with Crippen LogP contribution in [0.1, 0.15) is 116 Å². The van der Waals surface area contributed by atoms with Crippen LogP contribution < -0.4 is 22.5 Å². The number of unbranched alkanes of at least 4 members (excludes halogenated alkanes) is 10. The third-order valence-electron chi connectivity index (χ3n) is 6.32. The fourth-order valence-electron chi connectivity index (χ4n) is 4.00. The molecule has 0 aliphatic rings. The number of amides is 2. The molecule has 13 nitrogen and oxygen atoms in total. The van der Waals surface area contributed by atoms with E-state index in [9.17, 15) is 29.1 Å². The summed E-state index contributed by atoms with van der Waals surface area (Å²) in [6.07, 6.45) is 15.3. The molecule has 0 saturated heterocycles. The summed E-state index contributed by atoms with van der Waals surface area (Å²) in [4.78, 5) is 53.8. The average molecular weight is 563 g/mol. The highest BCUT2D eigenvalue weighted by atomic mass is 16.4. The molecule has 0 fully saturated rings. The van der Waals surface area contributed by atoms with Gasteiger partial charge in [0.2, 0.25) is 11.8 Å². The van der Waals surface area contributed by atoms with Gasteiger partial charge >= 0.3 is 17.9 Å². The molecule has 13 heteroatoms. The second-order valence-electron chi connectivity index (χ2n) is 9.70. The van der Waals surface area contributed by atoms with Crippen LogP contribution in [0.2, 0.25) is 0 Å². The van der Waals surface area contributed by atoms with Gasteiger partial charge in [-0.3, -0.25) is 34.8 Å². The highest BCUT2D eigenvalue weighted by molar-refractivity contribution is 5.87. The molecular weight excluding hydrogens is 512 g/mol. The Bertz CT molecular complexity index is 707. The van der Waals surface area contributed by atoms with E-state index in [4.69, 9.17) is 27.0 Å². The van der Waals surface area contributed by atoms with Gasteiger partial charge in [0, 0.05) is 12.8 Å². The summed E-state index contributed by atoms with van der Waals surface area (Å²) < 4.78 is 0. The molecule has 39 heavy (non-hydrogen) atoms. The van der Waals surface area contributed by atoms with E-state index in [0.29, 0.717) is 6.42 Å². The predicted molar refractivity (Wildman–Crippen MR) is 145 cm³/mol. The number of hydrazine groups is 2. The summed E-state index contributed by atoms with van der Waals surface area (Å²) in [6, 6.07) is 0. The monoisotopic (exact) mass is 562 g/mol. The lowest BCUT2D eigenvalue weighted by atomic mass is 9.86. The average Bonchev–Trinajstić information content (AvgIpc) is 2.89. The Morgan fingerprint density at radius 1 is 0.615 bits per heavy atom. The summed E-state index contributed by atoms with van der Waals surface area (Å²) in [6.45, 7) is 2.22. The van der Waals surface area contributed by atoms with E-state index in [-0.39, 0.29) is 12.0 Å². The first-order valence-electron chi connectivity index (χ1n) is 13.8. The summed E-state index contributed by atoms with van der Waals surface area (Å²) in [5.74, 6) is 0.864. The van der Waals surface area contributed by atoms with Gasteiger partial charge in [0.25, 0.3) is 0 Å². The first kappa shape index (κ1) is 38.4. The van der Waals surface area contributed by atoms with Gasteiger partial charge in [-0.2, -0.15) is 0 Å². The zero-order chi connectivity index (χ0) is 30.1. The maximum absolute atomic E-state index is 10.9. The Hall–Kier alpha value is -2.77. The molecule has 0 aromatic heterocycles. The minimum absolute atomic E-state index is 0.0618. The van der Waals surface area contributed by atoms with Crippen molar-refractivity contribution < 1.29 is 44.4 Å². The van der Waals surface area contributed by atoms with E-state index < -0.39 is 48.5 Å². The zero-order valence-corrected chi connectivity index (χ0v) is 23.2. The van der Waals surface area contributed by atoms with Crippen molar-refractivity contribution in [3.63, 3.8) is 0 Å². The first-order chi connectivity index (χ1) is 18.5. The van der Waals surface area contributed by atoms with E-state index in [1.54, 1.807) is 5.43 Å². The first-order valence-corrected chi connectivity index (χ1v) is 13.8. The van der Waals surface area contributed by atoms with Crippen molar-refractivity contribution in [3.8, 4) is 0 Å². The number of carbonyl (C=O) groups excluding carboxylic acids is 2. The molecule has 3 atom stereocenters. The SMILES string of the molecule is CCCCCCC(O)CCCCCCCCCCC(=O)NN.NNC(=O)CC(C(=O)O)C(CC(=O)O)C(=O)O. The number of aliphatic carboxylic acids is 3. The molecule has 0 aliphatic carbocycles. The van der Waals surface area contributed by atoms with E-state index in [1.165, 1.54) is 57.8 Å². The van der Waals surface area contributed by atoms with Crippen molar-refractivity contribution in [1.82, 2.24) is 10.9 Å². The molecule has 0 rings (SSSR count). The van der Waals surface area contributed by atoms with Crippen LogP contribution in [-0.2, 0) is 24.0 Å². The van der Waals surface area contributed by atoms with Crippen LogP contribution in [0.4, 0.5) is 0 Å². The second-order valence-corrected chi connectivity index (χ2v) is 9.70. The summed E-state index contributed by atoms with van der Waals surface area (Å²) in [7, 11) is 0. The van der Waals surface area contributed by atoms with E-state index in [2.05, 4.69) is 12.3 Å². The van der Waals surface area contributed by atoms with Gasteiger partial charge in [0.15, 0.2) is 0 Å². The van der Waals surface area contributed by atoms with Crippen LogP contribution in [-0.4, -0.2) is 56.3 Å². The van der Waals surface area contributed by atoms with Gasteiger partial charge in [-0.25, -0.2) is 11.7 Å². The summed E-state index contributed by atoms with van der Waals surface area (Å²) in [5, 5.41) is 35.9. The number of carboxylic acids is 3. The Labute approximate surface area is 231 Å². The Morgan fingerprint density at radius 3 is 1.44 bits per heavy atom. The number of hydrogen-bond donors (Lipinski definition) is 8. The minimum Gasteiger partial charge on any atom is -0.481 e. The molecule has 0 heterocycles. The largest absolute Gasteiger partial charge is 0.481 e. The number of rotatable bonds is 23. The van der Waals surface area contributed by atoms with Crippen LogP contribution in [0.3, 0.4) is 0 Å². The molecule has 0 saturated carbocycles. The topological polar surface area (TPSA) is 242 Å². The molecule has 0 bridgehead atoms. The second kappa shape index (κ2) is 25.5. The number of aliphatic hydroxyl groups excluding tert-OH is 1. The van der Waals surface area contributed by atoms with Crippen molar-refractivity contribution in [3.05, 3.63) is 0 Å². The number of carbonyl (C=O) groups is 5. The fourth-order valence-corrected chi connectivity index (χ4v) is 4.00. The lowest BCUT2D eigenvalue weighted by Gasteiger charge is -2.17. The van der Waals surface area contributed by atoms with Crippen molar-refractivity contribution in [2.45, 2.75) is 122 Å². The zero-order valence-electron chi connectivity index (χ0n) is 23.2. The van der Waals surface area contributed by atoms with Crippen molar-refractivity contribution in [1.29, 1.82) is 0 Å². The molecule has 228 valence electrons. The van der Waals surface area contributed by atoms with Crippen LogP contribution >= 0.6 is 0 Å². The molecule has 0 aliphatic heterocycles. The highest BCUT2D eigenvalue weighted by Crippen LogP contribution is 2.21. The lowest BCUT2D eigenvalue weighted by Crippen LogP contribution is -2.38. The van der Waals surface area contributed by atoms with Gasteiger partial charge in [-0.15, -0.1) is 0 Å². The molecular formula is C26H50N4O9. The Kier molecular flexibility index (Phi) is 25.1. The molecule has 10 N–H and O–H groups in total. The number of carboxylic acid groups (broad SMARTS) is 3. The number of nitrogens with one attached hydrogen (secondary N) is 2. The quantitative estimate of drug-likeness (QED) is 0.0389.